The first-order valence-corrected chi connectivity index (χ1v) is 5.98. The molecule has 1 heterocycles. The van der Waals surface area contributed by atoms with E-state index in [2.05, 4.69) is 15.9 Å². The summed E-state index contributed by atoms with van der Waals surface area (Å²) in [6.07, 6.45) is 0. The first-order chi connectivity index (χ1) is 7.56. The van der Waals surface area contributed by atoms with E-state index in [1.165, 1.54) is 11.3 Å². The molecular formula is C11H5BrF2OS. The Kier molecular flexibility index (Phi) is 3.16. The SMILES string of the molecule is O=C(c1cc(F)cc(F)c1)c1cc(Br)cs1. The summed E-state index contributed by atoms with van der Waals surface area (Å²) in [5, 5.41) is 1.74. The van der Waals surface area contributed by atoms with Gasteiger partial charge in [-0.1, -0.05) is 0 Å². The van der Waals surface area contributed by atoms with Crippen LogP contribution in [0.4, 0.5) is 8.78 Å². The molecule has 2 aromatic rings. The Morgan fingerprint density at radius 2 is 1.75 bits per heavy atom. The molecule has 82 valence electrons. The van der Waals surface area contributed by atoms with Crippen LogP contribution in [0.1, 0.15) is 15.2 Å². The van der Waals surface area contributed by atoms with Crippen LogP contribution in [-0.2, 0) is 0 Å². The third-order valence-electron chi connectivity index (χ3n) is 1.92. The van der Waals surface area contributed by atoms with Crippen LogP contribution in [0.25, 0.3) is 0 Å². The molecule has 0 aliphatic carbocycles. The van der Waals surface area contributed by atoms with Crippen LogP contribution in [-0.4, -0.2) is 5.78 Å². The van der Waals surface area contributed by atoms with E-state index >= 15 is 0 Å². The van der Waals surface area contributed by atoms with E-state index in [1.54, 1.807) is 11.4 Å². The summed E-state index contributed by atoms with van der Waals surface area (Å²) < 4.78 is 26.6. The number of carbonyl (C=O) groups is 1. The number of benzene rings is 1. The molecule has 1 nitrogen and oxygen atoms in total. The first-order valence-electron chi connectivity index (χ1n) is 4.31. The molecule has 0 radical (unpaired) electrons. The van der Waals surface area contributed by atoms with E-state index in [9.17, 15) is 13.6 Å². The zero-order valence-corrected chi connectivity index (χ0v) is 10.2. The molecular weight excluding hydrogens is 298 g/mol. The topological polar surface area (TPSA) is 17.1 Å². The molecule has 0 N–H and O–H groups in total. The molecule has 0 amide bonds. The minimum Gasteiger partial charge on any atom is -0.288 e. The minimum atomic E-state index is -0.751. The molecule has 5 heteroatoms. The molecule has 0 saturated carbocycles. The maximum Gasteiger partial charge on any atom is 0.203 e. The highest BCUT2D eigenvalue weighted by molar-refractivity contribution is 9.10. The highest BCUT2D eigenvalue weighted by Gasteiger charge is 2.13. The standard InChI is InChI=1S/C11H5BrF2OS/c12-7-3-10(16-5-7)11(15)6-1-8(13)4-9(14)2-6/h1-5H. The summed E-state index contributed by atoms with van der Waals surface area (Å²) in [6.45, 7) is 0. The molecule has 0 spiro atoms. The Balaban J connectivity index is 2.41. The fourth-order valence-electron chi connectivity index (χ4n) is 1.26. The minimum absolute atomic E-state index is 0.0202. The van der Waals surface area contributed by atoms with Gasteiger partial charge in [0.1, 0.15) is 11.6 Å². The van der Waals surface area contributed by atoms with E-state index in [1.807, 2.05) is 0 Å². The second-order valence-electron chi connectivity index (χ2n) is 3.12. The smallest absolute Gasteiger partial charge is 0.203 e. The summed E-state index contributed by atoms with van der Waals surface area (Å²) in [6, 6.07) is 4.41. The van der Waals surface area contributed by atoms with Gasteiger partial charge in [-0.05, 0) is 34.1 Å². The van der Waals surface area contributed by atoms with Crippen LogP contribution in [0, 0.1) is 11.6 Å². The van der Waals surface area contributed by atoms with Crippen molar-refractivity contribution in [1.29, 1.82) is 0 Å². The van der Waals surface area contributed by atoms with Gasteiger partial charge in [0, 0.05) is 21.5 Å². The highest BCUT2D eigenvalue weighted by Crippen LogP contribution is 2.23. The number of hydrogen-bond acceptors (Lipinski definition) is 2. The van der Waals surface area contributed by atoms with E-state index in [-0.39, 0.29) is 11.3 Å². The third kappa shape index (κ3) is 2.36. The average Bonchev–Trinajstić information content (AvgIpc) is 2.62. The zero-order chi connectivity index (χ0) is 11.7. The van der Waals surface area contributed by atoms with Crippen LogP contribution >= 0.6 is 27.3 Å². The Morgan fingerprint density at radius 3 is 2.25 bits per heavy atom. The van der Waals surface area contributed by atoms with Gasteiger partial charge in [0.05, 0.1) is 4.88 Å². The van der Waals surface area contributed by atoms with Gasteiger partial charge in [0.25, 0.3) is 0 Å². The number of thiophene rings is 1. The number of carbonyl (C=O) groups excluding carboxylic acids is 1. The molecule has 0 saturated heterocycles. The van der Waals surface area contributed by atoms with Crippen molar-refractivity contribution in [2.75, 3.05) is 0 Å². The molecule has 2 rings (SSSR count). The lowest BCUT2D eigenvalue weighted by atomic mass is 10.1. The van der Waals surface area contributed by atoms with Crippen molar-refractivity contribution in [2.45, 2.75) is 0 Å². The second-order valence-corrected chi connectivity index (χ2v) is 4.94. The summed E-state index contributed by atoms with van der Waals surface area (Å²) in [5.41, 5.74) is 0.0202. The van der Waals surface area contributed by atoms with E-state index in [0.29, 0.717) is 4.88 Å². The monoisotopic (exact) mass is 302 g/mol. The largest absolute Gasteiger partial charge is 0.288 e. The first kappa shape index (κ1) is 11.4. The van der Waals surface area contributed by atoms with Gasteiger partial charge in [-0.2, -0.15) is 0 Å². The predicted octanol–water partition coefficient (Wildman–Crippen LogP) is 4.02. The summed E-state index contributed by atoms with van der Waals surface area (Å²) >= 11 is 4.43. The Bertz CT molecular complexity index is 530. The number of rotatable bonds is 2. The van der Waals surface area contributed by atoms with Gasteiger partial charge >= 0.3 is 0 Å². The lowest BCUT2D eigenvalue weighted by molar-refractivity contribution is 0.104. The van der Waals surface area contributed by atoms with Crippen molar-refractivity contribution < 1.29 is 13.6 Å². The number of hydrogen-bond donors (Lipinski definition) is 0. The molecule has 0 bridgehead atoms. The lowest BCUT2D eigenvalue weighted by Gasteiger charge is -1.98. The van der Waals surface area contributed by atoms with Crippen LogP contribution in [0.3, 0.4) is 0 Å². The van der Waals surface area contributed by atoms with Crippen LogP contribution in [0.15, 0.2) is 34.1 Å². The zero-order valence-electron chi connectivity index (χ0n) is 7.84. The average molecular weight is 303 g/mol. The molecule has 0 unspecified atom stereocenters. The van der Waals surface area contributed by atoms with E-state index < -0.39 is 11.6 Å². The molecule has 0 aliphatic heterocycles. The van der Waals surface area contributed by atoms with E-state index in [4.69, 9.17) is 0 Å². The van der Waals surface area contributed by atoms with E-state index in [0.717, 1.165) is 22.7 Å². The molecule has 1 aromatic heterocycles. The highest BCUT2D eigenvalue weighted by atomic mass is 79.9. The van der Waals surface area contributed by atoms with Crippen molar-refractivity contribution in [3.63, 3.8) is 0 Å². The Morgan fingerprint density at radius 1 is 1.12 bits per heavy atom. The Hall–Kier alpha value is -1.07. The van der Waals surface area contributed by atoms with Gasteiger partial charge in [0.15, 0.2) is 0 Å². The molecule has 0 atom stereocenters. The number of halogens is 3. The molecule has 1 aromatic carbocycles. The normalized spacial score (nSPS) is 10.4. The Labute approximate surface area is 103 Å². The van der Waals surface area contributed by atoms with Crippen molar-refractivity contribution in [3.8, 4) is 0 Å². The van der Waals surface area contributed by atoms with Crippen molar-refractivity contribution in [1.82, 2.24) is 0 Å². The second kappa shape index (κ2) is 4.43. The fourth-order valence-corrected chi connectivity index (χ4v) is 2.65. The van der Waals surface area contributed by atoms with Crippen molar-refractivity contribution in [3.05, 3.63) is 56.2 Å². The van der Waals surface area contributed by atoms with Crippen molar-refractivity contribution in [2.24, 2.45) is 0 Å². The van der Waals surface area contributed by atoms with Gasteiger partial charge in [-0.15, -0.1) is 11.3 Å². The maximum atomic E-state index is 12.9. The summed E-state index contributed by atoms with van der Waals surface area (Å²) in [7, 11) is 0. The fraction of sp³-hybridized carbons (Fsp3) is 0. The van der Waals surface area contributed by atoms with Gasteiger partial charge in [-0.3, -0.25) is 4.79 Å². The number of ketones is 1. The van der Waals surface area contributed by atoms with Gasteiger partial charge in [-0.25, -0.2) is 8.78 Å². The van der Waals surface area contributed by atoms with Crippen LogP contribution in [0.2, 0.25) is 0 Å². The third-order valence-corrected chi connectivity index (χ3v) is 3.61. The maximum absolute atomic E-state index is 12.9. The molecule has 0 fully saturated rings. The van der Waals surface area contributed by atoms with Gasteiger partial charge < -0.3 is 0 Å². The quantitative estimate of drug-likeness (QED) is 0.766. The van der Waals surface area contributed by atoms with Crippen LogP contribution < -0.4 is 0 Å². The summed E-state index contributed by atoms with van der Waals surface area (Å²) in [5.74, 6) is -1.88. The van der Waals surface area contributed by atoms with Crippen molar-refractivity contribution >= 4 is 33.0 Å². The molecule has 16 heavy (non-hydrogen) atoms. The summed E-state index contributed by atoms with van der Waals surface area (Å²) in [4.78, 5) is 12.3. The van der Waals surface area contributed by atoms with Crippen LogP contribution in [0.5, 0.6) is 0 Å². The molecule has 0 aliphatic rings. The van der Waals surface area contributed by atoms with Gasteiger partial charge in [0.2, 0.25) is 5.78 Å². The lowest BCUT2D eigenvalue weighted by Crippen LogP contribution is -2.00. The predicted molar refractivity (Wildman–Crippen MR) is 61.8 cm³/mol.